The molecule has 0 radical (unpaired) electrons. The second kappa shape index (κ2) is 8.94. The molecule has 0 atom stereocenters. The van der Waals surface area contributed by atoms with Crippen LogP contribution in [0.3, 0.4) is 0 Å². The molecule has 0 fully saturated rings. The fourth-order valence-corrected chi connectivity index (χ4v) is 2.98. The van der Waals surface area contributed by atoms with E-state index in [1.165, 1.54) is 4.57 Å². The third-order valence-corrected chi connectivity index (χ3v) is 4.40. The van der Waals surface area contributed by atoms with Crippen LogP contribution < -0.4 is 21.9 Å². The van der Waals surface area contributed by atoms with Gasteiger partial charge in [0.25, 0.3) is 5.56 Å². The van der Waals surface area contributed by atoms with Crippen LogP contribution in [0.15, 0.2) is 33.9 Å². The number of unbranched alkanes of at least 4 members (excludes halogenated alkanes) is 1. The van der Waals surface area contributed by atoms with Crippen molar-refractivity contribution in [3.05, 3.63) is 55.7 Å². The van der Waals surface area contributed by atoms with Crippen molar-refractivity contribution in [2.75, 3.05) is 17.2 Å². The van der Waals surface area contributed by atoms with Gasteiger partial charge in [-0.1, -0.05) is 50.9 Å². The first kappa shape index (κ1) is 20.1. The van der Waals surface area contributed by atoms with Crippen molar-refractivity contribution in [3.63, 3.8) is 0 Å². The molecule has 2 rings (SSSR count). The second-order valence-electron chi connectivity index (χ2n) is 6.90. The number of nitrogens with two attached hydrogens (primary N) is 1. The van der Waals surface area contributed by atoms with E-state index in [-0.39, 0.29) is 11.7 Å². The number of rotatable bonds is 8. The lowest BCUT2D eigenvalue weighted by Crippen LogP contribution is -2.39. The quantitative estimate of drug-likeness (QED) is 0.738. The molecule has 1 aromatic carbocycles. The molecule has 1 heterocycles. The van der Waals surface area contributed by atoms with E-state index in [1.807, 2.05) is 43.0 Å². The number of aromatic amines is 1. The van der Waals surface area contributed by atoms with Crippen molar-refractivity contribution >= 4 is 23.1 Å². The zero-order valence-corrected chi connectivity index (χ0v) is 16.3. The summed E-state index contributed by atoms with van der Waals surface area (Å²) in [6.45, 7) is 7.74. The third kappa shape index (κ3) is 4.91. The van der Waals surface area contributed by atoms with Crippen LogP contribution in [0, 0.1) is 5.92 Å². The number of anilines is 2. The third-order valence-electron chi connectivity index (χ3n) is 4.15. The molecule has 2 aromatic rings. The molecule has 6 nitrogen and oxygen atoms in total. The Morgan fingerprint density at radius 3 is 2.46 bits per heavy atom. The average Bonchev–Trinajstić information content (AvgIpc) is 2.57. The molecule has 0 saturated heterocycles. The van der Waals surface area contributed by atoms with Crippen LogP contribution in [-0.2, 0) is 13.1 Å². The highest BCUT2D eigenvalue weighted by molar-refractivity contribution is 6.30. The van der Waals surface area contributed by atoms with Gasteiger partial charge in [0.1, 0.15) is 11.5 Å². The van der Waals surface area contributed by atoms with Crippen molar-refractivity contribution in [1.29, 1.82) is 0 Å². The van der Waals surface area contributed by atoms with Crippen LogP contribution >= 0.6 is 11.6 Å². The molecule has 0 unspecified atom stereocenters. The molecule has 0 bridgehead atoms. The van der Waals surface area contributed by atoms with Crippen molar-refractivity contribution < 1.29 is 0 Å². The standard InChI is InChI=1S/C19H27ClN4O2/c1-4-5-10-23(12-14-6-8-15(20)9-7-14)16-17(21)24(11-13(2)3)19(26)22-18(16)25/h6-9,13H,4-5,10-12,21H2,1-3H3,(H,22,25,26). The highest BCUT2D eigenvalue weighted by Gasteiger charge is 2.19. The summed E-state index contributed by atoms with van der Waals surface area (Å²) in [5.41, 5.74) is 6.73. The first-order valence-electron chi connectivity index (χ1n) is 8.95. The molecule has 142 valence electrons. The fraction of sp³-hybridized carbons (Fsp3) is 0.474. The van der Waals surface area contributed by atoms with Gasteiger partial charge in [-0.3, -0.25) is 14.3 Å². The lowest BCUT2D eigenvalue weighted by Gasteiger charge is -2.26. The van der Waals surface area contributed by atoms with E-state index in [1.54, 1.807) is 0 Å². The molecule has 1 aromatic heterocycles. The van der Waals surface area contributed by atoms with E-state index >= 15 is 0 Å². The lowest BCUT2D eigenvalue weighted by molar-refractivity contribution is 0.506. The molecule has 26 heavy (non-hydrogen) atoms. The summed E-state index contributed by atoms with van der Waals surface area (Å²) in [5.74, 6) is 0.451. The normalized spacial score (nSPS) is 11.1. The van der Waals surface area contributed by atoms with Crippen LogP contribution in [0.4, 0.5) is 11.5 Å². The first-order chi connectivity index (χ1) is 12.3. The Hall–Kier alpha value is -2.21. The molecule has 0 spiro atoms. The molecule has 0 saturated carbocycles. The van der Waals surface area contributed by atoms with E-state index in [9.17, 15) is 9.59 Å². The minimum Gasteiger partial charge on any atom is -0.383 e. The predicted molar refractivity (Wildman–Crippen MR) is 108 cm³/mol. The maximum Gasteiger partial charge on any atom is 0.330 e. The van der Waals surface area contributed by atoms with Gasteiger partial charge in [-0.15, -0.1) is 0 Å². The predicted octanol–water partition coefficient (Wildman–Crippen LogP) is 3.23. The van der Waals surface area contributed by atoms with Gasteiger partial charge in [0, 0.05) is 24.7 Å². The number of halogens is 1. The van der Waals surface area contributed by atoms with Crippen LogP contribution in [0.5, 0.6) is 0 Å². The Kier molecular flexibility index (Phi) is 6.91. The van der Waals surface area contributed by atoms with Gasteiger partial charge in [-0.2, -0.15) is 0 Å². The zero-order valence-electron chi connectivity index (χ0n) is 15.6. The Bertz CT molecular complexity index is 840. The Morgan fingerprint density at radius 1 is 1.23 bits per heavy atom. The molecular weight excluding hydrogens is 352 g/mol. The van der Waals surface area contributed by atoms with Crippen molar-refractivity contribution in [2.24, 2.45) is 5.92 Å². The molecule has 3 N–H and O–H groups in total. The van der Waals surface area contributed by atoms with Crippen LogP contribution in [-0.4, -0.2) is 16.1 Å². The minimum absolute atomic E-state index is 0.220. The number of benzene rings is 1. The van der Waals surface area contributed by atoms with Gasteiger partial charge < -0.3 is 10.6 Å². The van der Waals surface area contributed by atoms with E-state index in [0.29, 0.717) is 30.3 Å². The number of nitrogen functional groups attached to an aromatic ring is 1. The zero-order chi connectivity index (χ0) is 19.3. The van der Waals surface area contributed by atoms with Crippen molar-refractivity contribution in [3.8, 4) is 0 Å². The smallest absolute Gasteiger partial charge is 0.330 e. The van der Waals surface area contributed by atoms with Crippen molar-refractivity contribution in [2.45, 2.75) is 46.7 Å². The van der Waals surface area contributed by atoms with Gasteiger partial charge in [-0.05, 0) is 30.0 Å². The summed E-state index contributed by atoms with van der Waals surface area (Å²) >= 11 is 5.96. The van der Waals surface area contributed by atoms with E-state index in [4.69, 9.17) is 17.3 Å². The Labute approximate surface area is 158 Å². The summed E-state index contributed by atoms with van der Waals surface area (Å²) in [6.07, 6.45) is 1.90. The summed E-state index contributed by atoms with van der Waals surface area (Å²) in [5, 5.41) is 0.664. The molecule has 0 amide bonds. The highest BCUT2D eigenvalue weighted by atomic mass is 35.5. The average molecular weight is 379 g/mol. The second-order valence-corrected chi connectivity index (χ2v) is 7.34. The van der Waals surface area contributed by atoms with E-state index in [2.05, 4.69) is 11.9 Å². The van der Waals surface area contributed by atoms with Gasteiger partial charge in [-0.25, -0.2) is 4.79 Å². The number of H-pyrrole nitrogens is 1. The minimum atomic E-state index is -0.466. The number of aromatic nitrogens is 2. The fourth-order valence-electron chi connectivity index (χ4n) is 2.86. The Morgan fingerprint density at radius 2 is 1.88 bits per heavy atom. The van der Waals surface area contributed by atoms with E-state index in [0.717, 1.165) is 18.4 Å². The van der Waals surface area contributed by atoms with Gasteiger partial charge in [0.05, 0.1) is 0 Å². The number of hydrogen-bond acceptors (Lipinski definition) is 4. The number of nitrogens with one attached hydrogen (secondary N) is 1. The first-order valence-corrected chi connectivity index (χ1v) is 9.33. The van der Waals surface area contributed by atoms with Crippen molar-refractivity contribution in [1.82, 2.24) is 9.55 Å². The topological polar surface area (TPSA) is 84.1 Å². The summed E-state index contributed by atoms with van der Waals surface area (Å²) in [7, 11) is 0. The molecule has 0 aliphatic carbocycles. The van der Waals surface area contributed by atoms with Gasteiger partial charge in [0.2, 0.25) is 0 Å². The largest absolute Gasteiger partial charge is 0.383 e. The maximum absolute atomic E-state index is 12.5. The van der Waals surface area contributed by atoms with Gasteiger partial charge >= 0.3 is 5.69 Å². The molecule has 0 aliphatic heterocycles. The highest BCUT2D eigenvalue weighted by Crippen LogP contribution is 2.21. The summed E-state index contributed by atoms with van der Waals surface area (Å²) in [4.78, 5) is 29.1. The van der Waals surface area contributed by atoms with Crippen LogP contribution in [0.2, 0.25) is 5.02 Å². The van der Waals surface area contributed by atoms with Gasteiger partial charge in [0.15, 0.2) is 0 Å². The molecular formula is C19H27ClN4O2. The number of hydrogen-bond donors (Lipinski definition) is 2. The van der Waals surface area contributed by atoms with Crippen LogP contribution in [0.25, 0.3) is 0 Å². The Balaban J connectivity index is 2.48. The summed E-state index contributed by atoms with van der Waals surface area (Å²) < 4.78 is 1.45. The maximum atomic E-state index is 12.5. The molecule has 7 heteroatoms. The molecule has 0 aliphatic rings. The number of nitrogens with zero attached hydrogens (tertiary/aromatic N) is 2. The summed E-state index contributed by atoms with van der Waals surface area (Å²) in [6, 6.07) is 7.50. The SMILES string of the molecule is CCCCN(Cc1ccc(Cl)cc1)c1c(N)n(CC(C)C)c(=O)[nH]c1=O. The van der Waals surface area contributed by atoms with E-state index < -0.39 is 11.2 Å². The lowest BCUT2D eigenvalue weighted by atomic mass is 10.2. The monoisotopic (exact) mass is 378 g/mol. The van der Waals surface area contributed by atoms with Crippen LogP contribution in [0.1, 0.15) is 39.2 Å².